The van der Waals surface area contributed by atoms with Gasteiger partial charge in [-0.2, -0.15) is 0 Å². The normalized spacial score (nSPS) is 10.1. The highest BCUT2D eigenvalue weighted by atomic mass is 35.5. The number of aromatic nitrogens is 2. The van der Waals surface area contributed by atoms with Crippen LogP contribution in [0, 0.1) is 0 Å². The number of amides is 3. The van der Waals surface area contributed by atoms with Gasteiger partial charge in [0.2, 0.25) is 5.91 Å². The van der Waals surface area contributed by atoms with Gasteiger partial charge in [-0.1, -0.05) is 41.9 Å². The molecule has 0 fully saturated rings. The van der Waals surface area contributed by atoms with Crippen LogP contribution in [0.2, 0.25) is 5.02 Å². The summed E-state index contributed by atoms with van der Waals surface area (Å²) in [6, 6.07) is 8.45. The Morgan fingerprint density at radius 3 is 2.57 bits per heavy atom. The van der Waals surface area contributed by atoms with Crippen LogP contribution in [-0.2, 0) is 17.9 Å². The van der Waals surface area contributed by atoms with Crippen LogP contribution in [0.3, 0.4) is 0 Å². The summed E-state index contributed by atoms with van der Waals surface area (Å²) in [4.78, 5) is 47.9. The van der Waals surface area contributed by atoms with Gasteiger partial charge in [-0.05, 0) is 5.56 Å². The van der Waals surface area contributed by atoms with Gasteiger partial charge in [-0.15, -0.1) is 0 Å². The van der Waals surface area contributed by atoms with Crippen LogP contribution in [0.15, 0.2) is 46.1 Å². The van der Waals surface area contributed by atoms with Gasteiger partial charge in [0.1, 0.15) is 11.6 Å². The van der Waals surface area contributed by atoms with Crippen molar-refractivity contribution in [2.24, 2.45) is 0 Å². The van der Waals surface area contributed by atoms with E-state index in [1.54, 1.807) is 0 Å². The maximum Gasteiger partial charge on any atom is 0.328 e. The molecule has 1 aromatic carbocycles. The Bertz CT molecular complexity index is 829. The van der Waals surface area contributed by atoms with Crippen LogP contribution in [0.25, 0.3) is 0 Å². The SMILES string of the molecule is O=C(Cn1cc(Cl)c(=O)[nH]c1=O)NC(=O)NCc1ccccc1. The molecule has 0 atom stereocenters. The van der Waals surface area contributed by atoms with Crippen LogP contribution in [0.4, 0.5) is 4.79 Å². The molecule has 3 N–H and O–H groups in total. The van der Waals surface area contributed by atoms with Crippen molar-refractivity contribution < 1.29 is 9.59 Å². The first-order valence-electron chi connectivity index (χ1n) is 6.56. The zero-order valence-corrected chi connectivity index (χ0v) is 12.6. The minimum atomic E-state index is -0.792. The maximum absolute atomic E-state index is 11.7. The molecule has 2 rings (SSSR count). The molecule has 0 saturated carbocycles. The Balaban J connectivity index is 1.89. The van der Waals surface area contributed by atoms with Crippen molar-refractivity contribution in [2.45, 2.75) is 13.1 Å². The number of halogens is 1. The van der Waals surface area contributed by atoms with Crippen LogP contribution in [0.1, 0.15) is 5.56 Å². The summed E-state index contributed by atoms with van der Waals surface area (Å²) in [5.74, 6) is -0.722. The molecule has 0 aliphatic rings. The number of carbonyl (C=O) groups excluding carboxylic acids is 2. The lowest BCUT2D eigenvalue weighted by atomic mass is 10.2. The lowest BCUT2D eigenvalue weighted by molar-refractivity contribution is -0.120. The van der Waals surface area contributed by atoms with E-state index in [1.165, 1.54) is 0 Å². The first kappa shape index (κ1) is 16.5. The van der Waals surface area contributed by atoms with Gasteiger partial charge in [0.05, 0.1) is 0 Å². The molecule has 23 heavy (non-hydrogen) atoms. The fraction of sp³-hybridized carbons (Fsp3) is 0.143. The summed E-state index contributed by atoms with van der Waals surface area (Å²) in [5, 5.41) is 4.35. The quantitative estimate of drug-likeness (QED) is 0.741. The van der Waals surface area contributed by atoms with Gasteiger partial charge >= 0.3 is 11.7 Å². The van der Waals surface area contributed by atoms with Crippen molar-refractivity contribution in [3.63, 3.8) is 0 Å². The molecule has 3 amide bonds. The van der Waals surface area contributed by atoms with Crippen LogP contribution >= 0.6 is 11.6 Å². The molecule has 9 heteroatoms. The summed E-state index contributed by atoms with van der Waals surface area (Å²) in [6.45, 7) is -0.196. The number of nitrogens with one attached hydrogen (secondary N) is 3. The highest BCUT2D eigenvalue weighted by Gasteiger charge is 2.10. The number of hydrogen-bond donors (Lipinski definition) is 3. The number of H-pyrrole nitrogens is 1. The molecular formula is C14H13ClN4O4. The van der Waals surface area contributed by atoms with Crippen molar-refractivity contribution in [1.29, 1.82) is 0 Å². The van der Waals surface area contributed by atoms with Gasteiger partial charge in [0.15, 0.2) is 0 Å². The monoisotopic (exact) mass is 336 g/mol. The Hall–Kier alpha value is -2.87. The molecular weight excluding hydrogens is 324 g/mol. The van der Waals surface area contributed by atoms with E-state index in [-0.39, 0.29) is 11.6 Å². The average Bonchev–Trinajstić information content (AvgIpc) is 2.51. The predicted octanol–water partition coefficient (Wildman–Crippen LogP) is 0.216. The number of rotatable bonds is 4. The first-order chi connectivity index (χ1) is 11.0. The van der Waals surface area contributed by atoms with Gasteiger partial charge in [-0.3, -0.25) is 24.5 Å². The minimum absolute atomic E-state index is 0.231. The number of urea groups is 1. The molecule has 120 valence electrons. The smallest absolute Gasteiger partial charge is 0.328 e. The number of imide groups is 1. The predicted molar refractivity (Wildman–Crippen MR) is 83.2 cm³/mol. The van der Waals surface area contributed by atoms with Crippen LogP contribution < -0.4 is 21.9 Å². The molecule has 0 bridgehead atoms. The standard InChI is InChI=1S/C14H13ClN4O4/c15-10-7-19(14(23)18-12(10)21)8-11(20)17-13(22)16-6-9-4-2-1-3-5-9/h1-5,7H,6,8H2,(H,18,21,23)(H2,16,17,20,22). The number of nitrogens with zero attached hydrogens (tertiary/aromatic N) is 1. The summed E-state index contributed by atoms with van der Waals surface area (Å²) in [5.41, 5.74) is -0.660. The Labute approximate surface area is 135 Å². The van der Waals surface area contributed by atoms with E-state index in [2.05, 4.69) is 10.6 Å². The zero-order chi connectivity index (χ0) is 16.8. The average molecular weight is 337 g/mol. The van der Waals surface area contributed by atoms with E-state index in [4.69, 9.17) is 11.6 Å². The molecule has 0 aliphatic carbocycles. The molecule has 0 saturated heterocycles. The van der Waals surface area contributed by atoms with Crippen molar-refractivity contribution in [2.75, 3.05) is 0 Å². The fourth-order valence-corrected chi connectivity index (χ4v) is 1.91. The third-order valence-electron chi connectivity index (χ3n) is 2.83. The number of carbonyl (C=O) groups is 2. The van der Waals surface area contributed by atoms with Gasteiger partial charge < -0.3 is 5.32 Å². The van der Waals surface area contributed by atoms with E-state index in [0.29, 0.717) is 0 Å². The van der Waals surface area contributed by atoms with E-state index in [0.717, 1.165) is 16.3 Å². The lowest BCUT2D eigenvalue weighted by Crippen LogP contribution is -2.42. The van der Waals surface area contributed by atoms with Crippen molar-refractivity contribution >= 4 is 23.5 Å². The third kappa shape index (κ3) is 4.82. The number of aromatic amines is 1. The van der Waals surface area contributed by atoms with Gasteiger partial charge in [0, 0.05) is 12.7 Å². The van der Waals surface area contributed by atoms with Gasteiger partial charge in [-0.25, -0.2) is 9.59 Å². The third-order valence-corrected chi connectivity index (χ3v) is 3.10. The van der Waals surface area contributed by atoms with E-state index in [1.807, 2.05) is 35.3 Å². The fourth-order valence-electron chi connectivity index (χ4n) is 1.74. The molecule has 0 unspecified atom stereocenters. The number of hydrogen-bond acceptors (Lipinski definition) is 4. The molecule has 2 aromatic rings. The van der Waals surface area contributed by atoms with Crippen LogP contribution in [0.5, 0.6) is 0 Å². The Kier molecular flexibility index (Phi) is 5.32. The summed E-state index contributed by atoms with van der Waals surface area (Å²) < 4.78 is 0.892. The van der Waals surface area contributed by atoms with E-state index in [9.17, 15) is 19.2 Å². The first-order valence-corrected chi connectivity index (χ1v) is 6.94. The maximum atomic E-state index is 11.7. The Morgan fingerprint density at radius 1 is 1.17 bits per heavy atom. The van der Waals surface area contributed by atoms with Crippen LogP contribution in [-0.4, -0.2) is 21.5 Å². The summed E-state index contributed by atoms with van der Waals surface area (Å²) >= 11 is 5.58. The summed E-state index contributed by atoms with van der Waals surface area (Å²) in [7, 11) is 0. The highest BCUT2D eigenvalue weighted by molar-refractivity contribution is 6.30. The number of benzene rings is 1. The largest absolute Gasteiger partial charge is 0.334 e. The zero-order valence-electron chi connectivity index (χ0n) is 11.8. The van der Waals surface area contributed by atoms with E-state index >= 15 is 0 Å². The van der Waals surface area contributed by atoms with Crippen molar-refractivity contribution in [1.82, 2.24) is 20.2 Å². The topological polar surface area (TPSA) is 113 Å². The highest BCUT2D eigenvalue weighted by Crippen LogP contribution is 1.97. The van der Waals surface area contributed by atoms with Gasteiger partial charge in [0.25, 0.3) is 5.56 Å². The molecule has 0 aliphatic heterocycles. The molecule has 1 heterocycles. The van der Waals surface area contributed by atoms with Crippen molar-refractivity contribution in [3.05, 3.63) is 68.0 Å². The molecule has 8 nitrogen and oxygen atoms in total. The van der Waals surface area contributed by atoms with Crippen molar-refractivity contribution in [3.8, 4) is 0 Å². The Morgan fingerprint density at radius 2 is 1.87 bits per heavy atom. The second-order valence-electron chi connectivity index (χ2n) is 4.58. The minimum Gasteiger partial charge on any atom is -0.334 e. The molecule has 0 radical (unpaired) electrons. The molecule has 1 aromatic heterocycles. The second kappa shape index (κ2) is 7.41. The molecule has 0 spiro atoms. The lowest BCUT2D eigenvalue weighted by Gasteiger charge is -2.08. The second-order valence-corrected chi connectivity index (χ2v) is 4.99. The van der Waals surface area contributed by atoms with E-state index < -0.39 is 29.7 Å². The summed E-state index contributed by atoms with van der Waals surface area (Å²) in [6.07, 6.45) is 1.03.